The maximum Gasteiger partial charge on any atom is 0.213 e. The summed E-state index contributed by atoms with van der Waals surface area (Å²) in [7, 11) is 0.0592. The molecule has 0 aliphatic rings. The summed E-state index contributed by atoms with van der Waals surface area (Å²) in [5.41, 5.74) is 0. The molecule has 1 aromatic rings. The van der Waals surface area contributed by atoms with E-state index in [9.17, 15) is 8.42 Å². The van der Waals surface area contributed by atoms with Crippen molar-refractivity contribution in [1.82, 2.24) is 19.4 Å². The lowest BCUT2D eigenvalue weighted by atomic mass is 10.4. The van der Waals surface area contributed by atoms with E-state index < -0.39 is 10.0 Å². The van der Waals surface area contributed by atoms with E-state index in [4.69, 9.17) is 0 Å². The van der Waals surface area contributed by atoms with Gasteiger partial charge in [0.2, 0.25) is 10.0 Å². The first-order valence-electron chi connectivity index (χ1n) is 5.61. The quantitative estimate of drug-likeness (QED) is 0.695. The number of halogens is 1. The molecule has 1 N–H and O–H groups in total. The maximum atomic E-state index is 11.4. The van der Waals surface area contributed by atoms with Gasteiger partial charge in [0.05, 0.1) is 12.3 Å². The van der Waals surface area contributed by atoms with Gasteiger partial charge in [0, 0.05) is 33.0 Å². The third-order valence-corrected chi connectivity index (χ3v) is 4.31. The molecular weight excluding hydrogens is 276 g/mol. The van der Waals surface area contributed by atoms with Gasteiger partial charge in [-0.2, -0.15) is 5.10 Å². The minimum atomic E-state index is -3.05. The number of nitrogens with zero attached hydrogens (tertiary/aromatic N) is 3. The van der Waals surface area contributed by atoms with Gasteiger partial charge in [0.15, 0.2) is 0 Å². The van der Waals surface area contributed by atoms with Crippen molar-refractivity contribution in [3.8, 4) is 0 Å². The topological polar surface area (TPSA) is 67.2 Å². The molecule has 0 fully saturated rings. The van der Waals surface area contributed by atoms with Crippen LogP contribution in [0.3, 0.4) is 0 Å². The summed E-state index contributed by atoms with van der Waals surface area (Å²) in [6.45, 7) is 2.30. The SMILES string of the molecule is CN(C)S(=O)(=O)CCCNCCn1cccn1.Cl. The maximum absolute atomic E-state index is 11.4. The Morgan fingerprint density at radius 1 is 1.33 bits per heavy atom. The Hall–Kier alpha value is -0.630. The first-order valence-corrected chi connectivity index (χ1v) is 7.21. The van der Waals surface area contributed by atoms with Gasteiger partial charge in [-0.1, -0.05) is 0 Å². The lowest BCUT2D eigenvalue weighted by Gasteiger charge is -2.11. The van der Waals surface area contributed by atoms with Crippen LogP contribution in [-0.4, -0.2) is 55.4 Å². The lowest BCUT2D eigenvalue weighted by molar-refractivity contribution is 0.513. The highest BCUT2D eigenvalue weighted by Crippen LogP contribution is 1.95. The van der Waals surface area contributed by atoms with E-state index in [1.54, 1.807) is 20.3 Å². The molecule has 0 saturated carbocycles. The lowest BCUT2D eigenvalue weighted by Crippen LogP contribution is -2.28. The number of hydrogen-bond donors (Lipinski definition) is 1. The molecule has 0 radical (unpaired) electrons. The molecule has 0 atom stereocenters. The molecule has 106 valence electrons. The minimum absolute atomic E-state index is 0. The molecule has 0 saturated heterocycles. The van der Waals surface area contributed by atoms with E-state index in [0.717, 1.165) is 13.1 Å². The smallest absolute Gasteiger partial charge is 0.213 e. The molecule has 1 aromatic heterocycles. The second-order valence-corrected chi connectivity index (χ2v) is 6.27. The molecular formula is C10H21ClN4O2S. The van der Waals surface area contributed by atoms with Crippen molar-refractivity contribution in [2.75, 3.05) is 32.9 Å². The van der Waals surface area contributed by atoms with Gasteiger partial charge in [-0.05, 0) is 19.0 Å². The Morgan fingerprint density at radius 3 is 2.61 bits per heavy atom. The van der Waals surface area contributed by atoms with Crippen molar-refractivity contribution in [3.63, 3.8) is 0 Å². The van der Waals surface area contributed by atoms with E-state index in [0.29, 0.717) is 13.0 Å². The number of hydrogen-bond acceptors (Lipinski definition) is 4. The average Bonchev–Trinajstić information content (AvgIpc) is 2.75. The first kappa shape index (κ1) is 17.4. The standard InChI is InChI=1S/C10H20N4O2S.ClH/c1-13(2)17(15,16)10-4-5-11-7-9-14-8-3-6-12-14;/h3,6,8,11H,4-5,7,9-10H2,1-2H3;1H. The summed E-state index contributed by atoms with van der Waals surface area (Å²) >= 11 is 0. The van der Waals surface area contributed by atoms with Crippen LogP contribution in [0.2, 0.25) is 0 Å². The summed E-state index contributed by atoms with van der Waals surface area (Å²) in [4.78, 5) is 0. The van der Waals surface area contributed by atoms with Crippen LogP contribution in [0.25, 0.3) is 0 Å². The second kappa shape index (κ2) is 8.47. The molecule has 1 heterocycles. The highest BCUT2D eigenvalue weighted by molar-refractivity contribution is 7.89. The Morgan fingerprint density at radius 2 is 2.06 bits per heavy atom. The van der Waals surface area contributed by atoms with Crippen LogP contribution >= 0.6 is 12.4 Å². The molecule has 0 aliphatic carbocycles. The van der Waals surface area contributed by atoms with Gasteiger partial charge in [0.25, 0.3) is 0 Å². The highest BCUT2D eigenvalue weighted by atomic mass is 35.5. The molecule has 1 rings (SSSR count). The zero-order valence-corrected chi connectivity index (χ0v) is 12.4. The van der Waals surface area contributed by atoms with Crippen LogP contribution in [0.5, 0.6) is 0 Å². The third kappa shape index (κ3) is 6.34. The predicted octanol–water partition coefficient (Wildman–Crippen LogP) is 0.176. The van der Waals surface area contributed by atoms with Crippen molar-refractivity contribution in [2.24, 2.45) is 0 Å². The zero-order valence-electron chi connectivity index (χ0n) is 10.7. The van der Waals surface area contributed by atoms with Crippen molar-refractivity contribution in [3.05, 3.63) is 18.5 Å². The van der Waals surface area contributed by atoms with Crippen LogP contribution < -0.4 is 5.32 Å². The molecule has 6 nitrogen and oxygen atoms in total. The van der Waals surface area contributed by atoms with Gasteiger partial charge in [0.1, 0.15) is 0 Å². The second-order valence-electron chi connectivity index (χ2n) is 3.97. The van der Waals surface area contributed by atoms with Gasteiger partial charge >= 0.3 is 0 Å². The van der Waals surface area contributed by atoms with Crippen LogP contribution in [0.1, 0.15) is 6.42 Å². The normalized spacial score (nSPS) is 11.5. The third-order valence-electron chi connectivity index (χ3n) is 2.39. The average molecular weight is 297 g/mol. The number of nitrogens with one attached hydrogen (secondary N) is 1. The Kier molecular flexibility index (Phi) is 8.17. The van der Waals surface area contributed by atoms with E-state index >= 15 is 0 Å². The number of aromatic nitrogens is 2. The number of sulfonamides is 1. The van der Waals surface area contributed by atoms with Gasteiger partial charge < -0.3 is 5.32 Å². The van der Waals surface area contributed by atoms with Crippen LogP contribution in [0.4, 0.5) is 0 Å². The number of rotatable bonds is 8. The molecule has 0 bridgehead atoms. The molecule has 0 aromatic carbocycles. The Balaban J connectivity index is 0.00000289. The predicted molar refractivity (Wildman–Crippen MR) is 74.4 cm³/mol. The van der Waals surface area contributed by atoms with Gasteiger partial charge in [-0.15, -0.1) is 12.4 Å². The summed E-state index contributed by atoms with van der Waals surface area (Å²) in [6.07, 6.45) is 4.27. The van der Waals surface area contributed by atoms with Crippen LogP contribution in [-0.2, 0) is 16.6 Å². The van der Waals surface area contributed by atoms with Crippen LogP contribution in [0.15, 0.2) is 18.5 Å². The molecule has 18 heavy (non-hydrogen) atoms. The molecule has 8 heteroatoms. The monoisotopic (exact) mass is 296 g/mol. The van der Waals surface area contributed by atoms with Gasteiger partial charge in [-0.25, -0.2) is 12.7 Å². The van der Waals surface area contributed by atoms with Crippen molar-refractivity contribution < 1.29 is 8.42 Å². The van der Waals surface area contributed by atoms with Gasteiger partial charge in [-0.3, -0.25) is 4.68 Å². The van der Waals surface area contributed by atoms with Crippen LogP contribution in [0, 0.1) is 0 Å². The van der Waals surface area contributed by atoms with Crippen molar-refractivity contribution in [2.45, 2.75) is 13.0 Å². The minimum Gasteiger partial charge on any atom is -0.315 e. The summed E-state index contributed by atoms with van der Waals surface area (Å²) in [5.74, 6) is 0.189. The Labute approximate surface area is 115 Å². The molecule has 0 spiro atoms. The summed E-state index contributed by atoms with van der Waals surface area (Å²) in [5, 5.41) is 7.26. The fraction of sp³-hybridized carbons (Fsp3) is 0.700. The zero-order chi connectivity index (χ0) is 12.7. The fourth-order valence-electron chi connectivity index (χ4n) is 1.31. The largest absolute Gasteiger partial charge is 0.315 e. The van der Waals surface area contributed by atoms with E-state index in [-0.39, 0.29) is 18.2 Å². The molecule has 0 amide bonds. The van der Waals surface area contributed by atoms with E-state index in [1.807, 2.05) is 16.9 Å². The van der Waals surface area contributed by atoms with Crippen molar-refractivity contribution >= 4 is 22.4 Å². The van der Waals surface area contributed by atoms with E-state index in [2.05, 4.69) is 10.4 Å². The first-order chi connectivity index (χ1) is 8.02. The van der Waals surface area contributed by atoms with E-state index in [1.165, 1.54) is 4.31 Å². The molecule has 0 aliphatic heterocycles. The summed E-state index contributed by atoms with van der Waals surface area (Å²) in [6, 6.07) is 1.88. The molecule has 0 unspecified atom stereocenters. The fourth-order valence-corrected chi connectivity index (χ4v) is 2.19. The van der Waals surface area contributed by atoms with Crippen molar-refractivity contribution in [1.29, 1.82) is 0 Å². The highest BCUT2D eigenvalue weighted by Gasteiger charge is 2.11. The Bertz CT molecular complexity index is 406. The summed E-state index contributed by atoms with van der Waals surface area (Å²) < 4.78 is 26.0.